The van der Waals surface area contributed by atoms with Crippen molar-refractivity contribution >= 4 is 15.9 Å². The van der Waals surface area contributed by atoms with E-state index in [1.165, 1.54) is 18.3 Å². The molecule has 1 amide bonds. The molecule has 4 rings (SSSR count). The fourth-order valence-corrected chi connectivity index (χ4v) is 3.64. The van der Waals surface area contributed by atoms with Crippen molar-refractivity contribution in [3.63, 3.8) is 0 Å². The molecule has 0 bridgehead atoms. The molecule has 0 saturated heterocycles. The number of carbonyl (C=O) groups excluding carboxylic acids is 1. The molecule has 0 radical (unpaired) electrons. The van der Waals surface area contributed by atoms with E-state index in [9.17, 15) is 26.4 Å². The summed E-state index contributed by atoms with van der Waals surface area (Å²) in [5.74, 6) is -2.92. The number of rotatable bonds is 9. The smallest absolute Gasteiger partial charge is 0.267 e. The lowest BCUT2D eigenvalue weighted by Crippen LogP contribution is -2.30. The van der Waals surface area contributed by atoms with Crippen LogP contribution in [-0.4, -0.2) is 32.2 Å². The quantitative estimate of drug-likeness (QED) is 0.467. The van der Waals surface area contributed by atoms with Crippen LogP contribution in [0.1, 0.15) is 28.8 Å². The molecule has 1 aromatic heterocycles. The fourth-order valence-electron chi connectivity index (χ4n) is 3.19. The molecule has 1 heterocycles. The molecule has 35 heavy (non-hydrogen) atoms. The second-order valence-electron chi connectivity index (χ2n) is 8.23. The van der Waals surface area contributed by atoms with Gasteiger partial charge in [-0.15, -0.1) is 0 Å². The molecule has 0 unspecified atom stereocenters. The minimum Gasteiger partial charge on any atom is -0.489 e. The summed E-state index contributed by atoms with van der Waals surface area (Å²) >= 11 is 0. The topological polar surface area (TPSA) is 94.6 Å². The number of amides is 1. The summed E-state index contributed by atoms with van der Waals surface area (Å²) in [5, 5.41) is 0. The van der Waals surface area contributed by atoms with Crippen LogP contribution in [0.3, 0.4) is 0 Å². The van der Waals surface area contributed by atoms with Crippen LogP contribution in [0.25, 0.3) is 11.1 Å². The van der Waals surface area contributed by atoms with Crippen molar-refractivity contribution in [1.29, 1.82) is 0 Å². The molecule has 11 heteroatoms. The van der Waals surface area contributed by atoms with Crippen LogP contribution >= 0.6 is 0 Å². The van der Waals surface area contributed by atoms with Gasteiger partial charge in [0.1, 0.15) is 29.8 Å². The Morgan fingerprint density at radius 1 is 1.03 bits per heavy atom. The first-order chi connectivity index (χ1) is 16.6. The SMILES string of the molecule is CS(=O)(=O)NC(=O)c1cc(F)c(COc2cc(F)cc(-c3ccc(OCC4CC4)nc3)c2)cc1F. The first-order valence-corrected chi connectivity index (χ1v) is 12.5. The highest BCUT2D eigenvalue weighted by Crippen LogP contribution is 2.30. The summed E-state index contributed by atoms with van der Waals surface area (Å²) in [4.78, 5) is 16.1. The van der Waals surface area contributed by atoms with Gasteiger partial charge in [0.05, 0.1) is 18.4 Å². The van der Waals surface area contributed by atoms with Gasteiger partial charge in [-0.1, -0.05) is 0 Å². The lowest BCUT2D eigenvalue weighted by atomic mass is 10.1. The Bertz CT molecular complexity index is 1360. The molecule has 0 aliphatic heterocycles. The number of sulfonamides is 1. The molecular formula is C24H21F3N2O5S. The maximum atomic E-state index is 14.4. The summed E-state index contributed by atoms with van der Waals surface area (Å²) in [6, 6.07) is 8.59. The van der Waals surface area contributed by atoms with Crippen LogP contribution in [0.5, 0.6) is 11.6 Å². The number of pyridine rings is 1. The van der Waals surface area contributed by atoms with Crippen LogP contribution in [0.15, 0.2) is 48.7 Å². The highest BCUT2D eigenvalue weighted by molar-refractivity contribution is 7.89. The van der Waals surface area contributed by atoms with E-state index in [1.54, 1.807) is 16.9 Å². The van der Waals surface area contributed by atoms with E-state index in [0.717, 1.165) is 25.0 Å². The number of carbonyl (C=O) groups is 1. The van der Waals surface area contributed by atoms with Crippen molar-refractivity contribution < 1.29 is 35.9 Å². The average molecular weight is 507 g/mol. The van der Waals surface area contributed by atoms with Gasteiger partial charge in [-0.3, -0.25) is 4.79 Å². The zero-order valence-electron chi connectivity index (χ0n) is 18.6. The molecule has 184 valence electrons. The van der Waals surface area contributed by atoms with E-state index in [2.05, 4.69) is 4.98 Å². The van der Waals surface area contributed by atoms with Crippen molar-refractivity contribution in [1.82, 2.24) is 9.71 Å². The first-order valence-electron chi connectivity index (χ1n) is 10.6. The third-order valence-corrected chi connectivity index (χ3v) is 5.71. The van der Waals surface area contributed by atoms with Crippen molar-refractivity contribution in [2.24, 2.45) is 5.92 Å². The molecule has 0 atom stereocenters. The number of aromatic nitrogens is 1. The summed E-state index contributed by atoms with van der Waals surface area (Å²) < 4.78 is 77.9. The molecule has 7 nitrogen and oxygen atoms in total. The zero-order valence-corrected chi connectivity index (χ0v) is 19.4. The maximum absolute atomic E-state index is 14.4. The maximum Gasteiger partial charge on any atom is 0.267 e. The predicted molar refractivity (Wildman–Crippen MR) is 121 cm³/mol. The number of nitrogens with zero attached hydrogens (tertiary/aromatic N) is 1. The third kappa shape index (κ3) is 6.72. The minimum atomic E-state index is -3.96. The van der Waals surface area contributed by atoms with Crippen LogP contribution < -0.4 is 14.2 Å². The van der Waals surface area contributed by atoms with Crippen molar-refractivity contribution in [2.45, 2.75) is 19.4 Å². The monoisotopic (exact) mass is 506 g/mol. The minimum absolute atomic E-state index is 0.0627. The van der Waals surface area contributed by atoms with E-state index >= 15 is 0 Å². The summed E-state index contributed by atoms with van der Waals surface area (Å²) in [5.41, 5.74) is 0.0390. The van der Waals surface area contributed by atoms with Crippen LogP contribution in [0.2, 0.25) is 0 Å². The van der Waals surface area contributed by atoms with Gasteiger partial charge < -0.3 is 9.47 Å². The largest absolute Gasteiger partial charge is 0.489 e. The summed E-state index contributed by atoms with van der Waals surface area (Å²) in [7, 11) is -3.96. The highest BCUT2D eigenvalue weighted by Gasteiger charge is 2.22. The van der Waals surface area contributed by atoms with Crippen LogP contribution in [-0.2, 0) is 16.6 Å². The molecular weight excluding hydrogens is 485 g/mol. The van der Waals surface area contributed by atoms with Crippen molar-refractivity contribution in [3.05, 3.63) is 77.2 Å². The number of benzene rings is 2. The molecule has 1 N–H and O–H groups in total. The lowest BCUT2D eigenvalue weighted by Gasteiger charge is -2.11. The zero-order chi connectivity index (χ0) is 25.2. The molecule has 2 aromatic carbocycles. The molecule has 1 fully saturated rings. The predicted octanol–water partition coefficient (Wildman–Crippen LogP) is 4.22. The second kappa shape index (κ2) is 9.95. The van der Waals surface area contributed by atoms with Gasteiger partial charge in [0.15, 0.2) is 0 Å². The van der Waals surface area contributed by atoms with Gasteiger partial charge in [-0.25, -0.2) is 31.3 Å². The van der Waals surface area contributed by atoms with Crippen molar-refractivity contribution in [2.75, 3.05) is 12.9 Å². The van der Waals surface area contributed by atoms with Crippen LogP contribution in [0, 0.1) is 23.4 Å². The first kappa shape index (κ1) is 24.5. The fraction of sp³-hybridized carbons (Fsp3) is 0.250. The Labute approximate surface area is 200 Å². The molecule has 1 aliphatic rings. The van der Waals surface area contributed by atoms with E-state index in [-0.39, 0.29) is 11.3 Å². The number of hydrogen-bond acceptors (Lipinski definition) is 6. The van der Waals surface area contributed by atoms with E-state index in [1.807, 2.05) is 0 Å². The Hall–Kier alpha value is -3.60. The second-order valence-corrected chi connectivity index (χ2v) is 9.98. The number of ether oxygens (including phenoxy) is 2. The lowest BCUT2D eigenvalue weighted by molar-refractivity contribution is 0.0977. The number of nitrogens with one attached hydrogen (secondary N) is 1. The van der Waals surface area contributed by atoms with Gasteiger partial charge in [-0.05, 0) is 54.7 Å². The normalized spacial score (nSPS) is 13.4. The molecule has 1 saturated carbocycles. The van der Waals surface area contributed by atoms with Gasteiger partial charge >= 0.3 is 0 Å². The Morgan fingerprint density at radius 2 is 1.80 bits per heavy atom. The number of halogens is 3. The molecule has 3 aromatic rings. The van der Waals surface area contributed by atoms with E-state index < -0.39 is 45.6 Å². The van der Waals surface area contributed by atoms with Gasteiger partial charge in [0, 0.05) is 29.5 Å². The number of hydrogen-bond donors (Lipinski definition) is 1. The van der Waals surface area contributed by atoms with E-state index in [0.29, 0.717) is 41.9 Å². The van der Waals surface area contributed by atoms with Gasteiger partial charge in [-0.2, -0.15) is 0 Å². The van der Waals surface area contributed by atoms with Gasteiger partial charge in [0.25, 0.3) is 5.91 Å². The van der Waals surface area contributed by atoms with Gasteiger partial charge in [0.2, 0.25) is 15.9 Å². The molecule has 0 spiro atoms. The Morgan fingerprint density at radius 3 is 2.46 bits per heavy atom. The molecule has 1 aliphatic carbocycles. The van der Waals surface area contributed by atoms with E-state index in [4.69, 9.17) is 9.47 Å². The average Bonchev–Trinajstić information content (AvgIpc) is 3.61. The Kier molecular flexibility index (Phi) is 6.97. The van der Waals surface area contributed by atoms with Crippen LogP contribution in [0.4, 0.5) is 13.2 Å². The summed E-state index contributed by atoms with van der Waals surface area (Å²) in [6.45, 7) is 0.149. The third-order valence-electron chi connectivity index (χ3n) is 5.16. The Balaban J connectivity index is 1.46. The standard InChI is InChI=1S/C24H21F3N2O5S/c1-35(31,32)29-24(30)20-10-21(26)17(8-22(20)27)13-33-19-7-16(6-18(25)9-19)15-4-5-23(28-11-15)34-12-14-2-3-14/h4-11,14H,2-3,12-13H2,1H3,(H,29,30). The van der Waals surface area contributed by atoms with Crippen molar-refractivity contribution in [3.8, 4) is 22.8 Å². The highest BCUT2D eigenvalue weighted by atomic mass is 32.2. The summed E-state index contributed by atoms with van der Waals surface area (Å²) in [6.07, 6.45) is 4.56.